The highest BCUT2D eigenvalue weighted by Crippen LogP contribution is 2.13. The molecular formula is C11H17NO. The van der Waals surface area contributed by atoms with Crippen molar-refractivity contribution >= 4 is 0 Å². The summed E-state index contributed by atoms with van der Waals surface area (Å²) in [5.41, 5.74) is 6.87. The molecule has 0 aromatic heterocycles. The molecule has 0 spiro atoms. The van der Waals surface area contributed by atoms with Gasteiger partial charge in [-0.15, -0.1) is 0 Å². The molecule has 0 aliphatic carbocycles. The summed E-state index contributed by atoms with van der Waals surface area (Å²) >= 11 is 0. The van der Waals surface area contributed by atoms with E-state index in [2.05, 4.69) is 19.1 Å². The van der Waals surface area contributed by atoms with E-state index in [-0.39, 0.29) is 0 Å². The predicted molar refractivity (Wildman–Crippen MR) is 54.9 cm³/mol. The number of ether oxygens (including phenoxy) is 1. The molecule has 1 aromatic rings. The fourth-order valence-electron chi connectivity index (χ4n) is 1.25. The lowest BCUT2D eigenvalue weighted by Gasteiger charge is -2.08. The third kappa shape index (κ3) is 3.07. The van der Waals surface area contributed by atoms with Crippen molar-refractivity contribution in [3.05, 3.63) is 29.8 Å². The maximum Gasteiger partial charge on any atom is 0.118 e. The highest BCUT2D eigenvalue weighted by molar-refractivity contribution is 5.27. The van der Waals surface area contributed by atoms with Crippen LogP contribution in [0.3, 0.4) is 0 Å². The number of benzene rings is 1. The Balaban J connectivity index is 2.58. The largest absolute Gasteiger partial charge is 0.497 e. The highest BCUT2D eigenvalue weighted by atomic mass is 16.5. The first-order valence-electron chi connectivity index (χ1n) is 4.59. The van der Waals surface area contributed by atoms with Crippen LogP contribution in [0.4, 0.5) is 0 Å². The second-order valence-corrected chi connectivity index (χ2v) is 3.39. The molecule has 72 valence electrons. The molecule has 1 rings (SSSR count). The molecule has 2 heteroatoms. The van der Waals surface area contributed by atoms with Crippen LogP contribution in [0.2, 0.25) is 0 Å². The molecule has 1 unspecified atom stereocenters. The maximum absolute atomic E-state index is 5.55. The van der Waals surface area contributed by atoms with E-state index in [0.29, 0.717) is 5.92 Å². The van der Waals surface area contributed by atoms with Crippen molar-refractivity contribution in [2.75, 3.05) is 13.7 Å². The first-order valence-corrected chi connectivity index (χ1v) is 4.59. The fourth-order valence-corrected chi connectivity index (χ4v) is 1.25. The van der Waals surface area contributed by atoms with E-state index in [4.69, 9.17) is 10.5 Å². The van der Waals surface area contributed by atoms with Gasteiger partial charge in [-0.05, 0) is 36.6 Å². The molecule has 0 radical (unpaired) electrons. The number of nitrogens with two attached hydrogens (primary N) is 1. The van der Waals surface area contributed by atoms with Crippen LogP contribution in [-0.2, 0) is 6.42 Å². The van der Waals surface area contributed by atoms with Crippen LogP contribution in [0, 0.1) is 5.92 Å². The van der Waals surface area contributed by atoms with Crippen molar-refractivity contribution < 1.29 is 4.74 Å². The van der Waals surface area contributed by atoms with Gasteiger partial charge in [0.05, 0.1) is 7.11 Å². The lowest BCUT2D eigenvalue weighted by Crippen LogP contribution is -2.12. The highest BCUT2D eigenvalue weighted by Gasteiger charge is 2.00. The van der Waals surface area contributed by atoms with Gasteiger partial charge in [-0.3, -0.25) is 0 Å². The molecule has 13 heavy (non-hydrogen) atoms. The normalized spacial score (nSPS) is 12.5. The molecule has 2 N–H and O–H groups in total. The molecule has 0 fully saturated rings. The molecule has 0 saturated carbocycles. The maximum atomic E-state index is 5.55. The number of hydrogen-bond donors (Lipinski definition) is 1. The third-order valence-electron chi connectivity index (χ3n) is 2.15. The first kappa shape index (κ1) is 10.1. The lowest BCUT2D eigenvalue weighted by molar-refractivity contribution is 0.414. The van der Waals surface area contributed by atoms with Crippen molar-refractivity contribution in [1.29, 1.82) is 0 Å². The Hall–Kier alpha value is -1.02. The van der Waals surface area contributed by atoms with E-state index in [0.717, 1.165) is 18.7 Å². The van der Waals surface area contributed by atoms with Gasteiger partial charge in [0.25, 0.3) is 0 Å². The number of hydrogen-bond acceptors (Lipinski definition) is 2. The summed E-state index contributed by atoms with van der Waals surface area (Å²) in [5.74, 6) is 1.46. The summed E-state index contributed by atoms with van der Waals surface area (Å²) in [4.78, 5) is 0. The zero-order valence-electron chi connectivity index (χ0n) is 8.29. The average molecular weight is 179 g/mol. The smallest absolute Gasteiger partial charge is 0.118 e. The predicted octanol–water partition coefficient (Wildman–Crippen LogP) is 1.83. The molecule has 0 bridgehead atoms. The SMILES string of the molecule is COc1ccc(CC(C)CN)cc1. The van der Waals surface area contributed by atoms with Crippen LogP contribution in [0.15, 0.2) is 24.3 Å². The second-order valence-electron chi connectivity index (χ2n) is 3.39. The van der Waals surface area contributed by atoms with Crippen molar-refractivity contribution in [2.45, 2.75) is 13.3 Å². The number of rotatable bonds is 4. The van der Waals surface area contributed by atoms with Crippen molar-refractivity contribution in [3.8, 4) is 5.75 Å². The van der Waals surface area contributed by atoms with Crippen LogP contribution in [0.25, 0.3) is 0 Å². The van der Waals surface area contributed by atoms with Crippen molar-refractivity contribution in [2.24, 2.45) is 11.7 Å². The summed E-state index contributed by atoms with van der Waals surface area (Å²) in [7, 11) is 1.68. The Morgan fingerprint density at radius 2 is 1.92 bits per heavy atom. The molecule has 1 atom stereocenters. The van der Waals surface area contributed by atoms with Crippen LogP contribution in [0.5, 0.6) is 5.75 Å². The Labute approximate surface area is 79.7 Å². The van der Waals surface area contributed by atoms with E-state index in [1.165, 1.54) is 5.56 Å². The Morgan fingerprint density at radius 1 is 1.31 bits per heavy atom. The molecule has 0 aliphatic rings. The van der Waals surface area contributed by atoms with Gasteiger partial charge in [0, 0.05) is 0 Å². The molecule has 2 nitrogen and oxygen atoms in total. The zero-order chi connectivity index (χ0) is 9.68. The van der Waals surface area contributed by atoms with Gasteiger partial charge in [-0.2, -0.15) is 0 Å². The van der Waals surface area contributed by atoms with Gasteiger partial charge in [0.2, 0.25) is 0 Å². The van der Waals surface area contributed by atoms with Crippen LogP contribution >= 0.6 is 0 Å². The first-order chi connectivity index (χ1) is 6.26. The molecule has 0 aliphatic heterocycles. The van der Waals surface area contributed by atoms with E-state index in [1.54, 1.807) is 7.11 Å². The quantitative estimate of drug-likeness (QED) is 0.765. The van der Waals surface area contributed by atoms with E-state index >= 15 is 0 Å². The molecule has 1 aromatic carbocycles. The Kier molecular flexibility index (Phi) is 3.77. The summed E-state index contributed by atoms with van der Waals surface area (Å²) in [6.07, 6.45) is 1.04. The van der Waals surface area contributed by atoms with Gasteiger partial charge in [-0.1, -0.05) is 19.1 Å². The van der Waals surface area contributed by atoms with Gasteiger partial charge in [0.15, 0.2) is 0 Å². The Morgan fingerprint density at radius 3 is 2.38 bits per heavy atom. The molecular weight excluding hydrogens is 162 g/mol. The summed E-state index contributed by atoms with van der Waals surface area (Å²) in [5, 5.41) is 0. The van der Waals surface area contributed by atoms with Crippen LogP contribution in [0.1, 0.15) is 12.5 Å². The van der Waals surface area contributed by atoms with E-state index < -0.39 is 0 Å². The minimum Gasteiger partial charge on any atom is -0.497 e. The zero-order valence-corrected chi connectivity index (χ0v) is 8.29. The van der Waals surface area contributed by atoms with Crippen LogP contribution < -0.4 is 10.5 Å². The molecule has 0 heterocycles. The summed E-state index contributed by atoms with van der Waals surface area (Å²) in [6, 6.07) is 8.15. The molecule has 0 saturated heterocycles. The summed E-state index contributed by atoms with van der Waals surface area (Å²) < 4.78 is 5.08. The van der Waals surface area contributed by atoms with Crippen LogP contribution in [-0.4, -0.2) is 13.7 Å². The average Bonchev–Trinajstić information content (AvgIpc) is 2.19. The topological polar surface area (TPSA) is 35.2 Å². The van der Waals surface area contributed by atoms with Gasteiger partial charge < -0.3 is 10.5 Å². The minimum absolute atomic E-state index is 0.549. The minimum atomic E-state index is 0.549. The lowest BCUT2D eigenvalue weighted by atomic mass is 10.0. The van der Waals surface area contributed by atoms with Gasteiger partial charge in [-0.25, -0.2) is 0 Å². The number of methoxy groups -OCH3 is 1. The van der Waals surface area contributed by atoms with Gasteiger partial charge in [0.1, 0.15) is 5.75 Å². The Bertz CT molecular complexity index is 243. The molecule has 0 amide bonds. The van der Waals surface area contributed by atoms with E-state index in [1.807, 2.05) is 12.1 Å². The van der Waals surface area contributed by atoms with Gasteiger partial charge >= 0.3 is 0 Å². The third-order valence-corrected chi connectivity index (χ3v) is 2.15. The van der Waals surface area contributed by atoms with Crippen molar-refractivity contribution in [3.63, 3.8) is 0 Å². The van der Waals surface area contributed by atoms with Crippen molar-refractivity contribution in [1.82, 2.24) is 0 Å². The monoisotopic (exact) mass is 179 g/mol. The standard InChI is InChI=1S/C11H17NO/c1-9(8-12)7-10-3-5-11(13-2)6-4-10/h3-6,9H,7-8,12H2,1-2H3. The fraction of sp³-hybridized carbons (Fsp3) is 0.455. The van der Waals surface area contributed by atoms with E-state index in [9.17, 15) is 0 Å². The second kappa shape index (κ2) is 4.87. The summed E-state index contributed by atoms with van der Waals surface area (Å²) in [6.45, 7) is 2.90.